The molecule has 1 unspecified atom stereocenters. The van der Waals surface area contributed by atoms with Crippen LogP contribution >= 0.6 is 0 Å². The first-order chi connectivity index (χ1) is 7.95. The first-order valence-corrected chi connectivity index (χ1v) is 7.64. The zero-order valence-corrected chi connectivity index (χ0v) is 11.5. The molecule has 0 aromatic rings. The Balaban J connectivity index is 3.30. The molecular weight excluding hydrogens is 244 g/mol. The second-order valence-electron chi connectivity index (χ2n) is 4.31. The van der Waals surface area contributed by atoms with Gasteiger partial charge < -0.3 is 0 Å². The summed E-state index contributed by atoms with van der Waals surface area (Å²) in [6, 6.07) is 0. The molecule has 0 aromatic carbocycles. The van der Waals surface area contributed by atoms with Crippen molar-refractivity contribution in [2.45, 2.75) is 71.3 Å². The van der Waals surface area contributed by atoms with Gasteiger partial charge in [0.2, 0.25) is 0 Å². The first-order valence-electron chi connectivity index (χ1n) is 6.28. The second kappa shape index (κ2) is 9.82. The van der Waals surface area contributed by atoms with E-state index in [1.165, 1.54) is 32.1 Å². The van der Waals surface area contributed by atoms with Gasteiger partial charge in [0, 0.05) is 0 Å². The highest BCUT2D eigenvalue weighted by molar-refractivity contribution is 7.80. The molecule has 0 aliphatic carbocycles. The lowest BCUT2D eigenvalue weighted by Crippen LogP contribution is -2.13. The minimum absolute atomic E-state index is 0.326. The average molecular weight is 268 g/mol. The van der Waals surface area contributed by atoms with E-state index in [4.69, 9.17) is 4.55 Å². The van der Waals surface area contributed by atoms with Crippen LogP contribution in [0.2, 0.25) is 0 Å². The molecule has 5 nitrogen and oxygen atoms in total. The molecule has 0 saturated carbocycles. The van der Waals surface area contributed by atoms with E-state index in [-0.39, 0.29) is 6.10 Å². The van der Waals surface area contributed by atoms with Gasteiger partial charge in [-0.1, -0.05) is 56.2 Å². The van der Waals surface area contributed by atoms with Gasteiger partial charge >= 0.3 is 10.4 Å². The van der Waals surface area contributed by atoms with Crippen LogP contribution < -0.4 is 0 Å². The quantitative estimate of drug-likeness (QED) is 0.269. The van der Waals surface area contributed by atoms with E-state index in [0.29, 0.717) is 0 Å². The highest BCUT2D eigenvalue weighted by Gasteiger charge is 2.10. The van der Waals surface area contributed by atoms with Crippen molar-refractivity contribution in [3.8, 4) is 0 Å². The van der Waals surface area contributed by atoms with E-state index < -0.39 is 10.4 Å². The molecule has 1 N–H and O–H groups in total. The van der Waals surface area contributed by atoms with Crippen molar-refractivity contribution in [2.75, 3.05) is 0 Å². The molecule has 0 radical (unpaired) electrons. The summed E-state index contributed by atoms with van der Waals surface area (Å²) in [6.45, 7) is 3.90. The fourth-order valence-electron chi connectivity index (χ4n) is 1.55. The Morgan fingerprint density at radius 1 is 1.06 bits per heavy atom. The van der Waals surface area contributed by atoms with Crippen LogP contribution in [0.15, 0.2) is 0 Å². The Hall–Kier alpha value is -0.170. The summed E-state index contributed by atoms with van der Waals surface area (Å²) in [7, 11) is -4.49. The summed E-state index contributed by atoms with van der Waals surface area (Å²) in [4.78, 5) is 4.51. The molecule has 0 rings (SSSR count). The fraction of sp³-hybridized carbons (Fsp3) is 1.00. The van der Waals surface area contributed by atoms with Gasteiger partial charge in [0.1, 0.15) is 0 Å². The minimum Gasteiger partial charge on any atom is -0.262 e. The van der Waals surface area contributed by atoms with Crippen molar-refractivity contribution < 1.29 is 22.2 Å². The molecule has 0 aromatic heterocycles. The van der Waals surface area contributed by atoms with Crippen molar-refractivity contribution in [3.05, 3.63) is 0 Å². The standard InChI is InChI=1S/C11H24O5S/c1-3-4-5-6-7-8-9-10-11(2)15-16-17(12,13)14/h11H,3-10H2,1-2H3,(H,12,13,14). The summed E-state index contributed by atoms with van der Waals surface area (Å²) in [5.74, 6) is 0. The SMILES string of the molecule is CCCCCCCCCC(C)OOS(=O)(=O)O. The topological polar surface area (TPSA) is 72.8 Å². The lowest BCUT2D eigenvalue weighted by Gasteiger charge is -2.09. The third kappa shape index (κ3) is 13.8. The molecule has 0 heterocycles. The number of rotatable bonds is 11. The average Bonchev–Trinajstić information content (AvgIpc) is 2.24. The number of hydrogen-bond acceptors (Lipinski definition) is 4. The molecule has 0 saturated heterocycles. The maximum Gasteiger partial charge on any atom is 0.424 e. The smallest absolute Gasteiger partial charge is 0.262 e. The van der Waals surface area contributed by atoms with Crippen LogP contribution in [0, 0.1) is 0 Å². The highest BCUT2D eigenvalue weighted by Crippen LogP contribution is 2.11. The molecule has 0 amide bonds. The minimum atomic E-state index is -4.49. The molecule has 0 bridgehead atoms. The molecule has 104 valence electrons. The van der Waals surface area contributed by atoms with E-state index >= 15 is 0 Å². The normalized spacial score (nSPS) is 13.8. The van der Waals surface area contributed by atoms with Crippen molar-refractivity contribution in [1.82, 2.24) is 0 Å². The van der Waals surface area contributed by atoms with Crippen LogP contribution in [-0.2, 0) is 19.6 Å². The molecule has 17 heavy (non-hydrogen) atoms. The summed E-state index contributed by atoms with van der Waals surface area (Å²) in [6.07, 6.45) is 8.77. The Kier molecular flexibility index (Phi) is 9.72. The molecular formula is C11H24O5S. The van der Waals surface area contributed by atoms with Gasteiger partial charge in [0.25, 0.3) is 0 Å². The molecule has 0 spiro atoms. The summed E-state index contributed by atoms with van der Waals surface area (Å²) in [5, 5.41) is 0. The van der Waals surface area contributed by atoms with Gasteiger partial charge in [-0.25, -0.2) is 4.89 Å². The number of unbranched alkanes of at least 4 members (excludes halogenated alkanes) is 6. The van der Waals surface area contributed by atoms with Gasteiger partial charge in [-0.05, 0) is 13.3 Å². The Morgan fingerprint density at radius 2 is 1.59 bits per heavy atom. The van der Waals surface area contributed by atoms with Gasteiger partial charge in [0.05, 0.1) is 6.10 Å². The lowest BCUT2D eigenvalue weighted by molar-refractivity contribution is -0.242. The van der Waals surface area contributed by atoms with Gasteiger partial charge in [-0.3, -0.25) is 4.55 Å². The van der Waals surface area contributed by atoms with E-state index in [1.807, 2.05) is 0 Å². The van der Waals surface area contributed by atoms with Crippen molar-refractivity contribution in [3.63, 3.8) is 0 Å². The Morgan fingerprint density at radius 3 is 2.12 bits per heavy atom. The van der Waals surface area contributed by atoms with E-state index in [9.17, 15) is 8.42 Å². The molecule has 0 aliphatic rings. The van der Waals surface area contributed by atoms with Crippen molar-refractivity contribution >= 4 is 10.4 Å². The van der Waals surface area contributed by atoms with Crippen LogP contribution in [-0.4, -0.2) is 19.1 Å². The maximum atomic E-state index is 10.2. The van der Waals surface area contributed by atoms with Crippen molar-refractivity contribution in [2.24, 2.45) is 0 Å². The Bertz CT molecular complexity index is 263. The fourth-order valence-corrected chi connectivity index (χ4v) is 1.79. The molecule has 1 atom stereocenters. The predicted octanol–water partition coefficient (Wildman–Crippen LogP) is 3.27. The van der Waals surface area contributed by atoms with Crippen LogP contribution in [0.25, 0.3) is 0 Å². The van der Waals surface area contributed by atoms with Crippen LogP contribution in [0.5, 0.6) is 0 Å². The summed E-state index contributed by atoms with van der Waals surface area (Å²) < 4.78 is 32.6. The van der Waals surface area contributed by atoms with Crippen LogP contribution in [0.4, 0.5) is 0 Å². The van der Waals surface area contributed by atoms with Crippen LogP contribution in [0.1, 0.15) is 65.2 Å². The molecule has 0 fully saturated rings. The highest BCUT2D eigenvalue weighted by atomic mass is 32.3. The largest absolute Gasteiger partial charge is 0.424 e. The van der Waals surface area contributed by atoms with Gasteiger partial charge in [-0.15, -0.1) is 0 Å². The van der Waals surface area contributed by atoms with Gasteiger partial charge in [0.15, 0.2) is 0 Å². The zero-order valence-electron chi connectivity index (χ0n) is 10.7. The second-order valence-corrected chi connectivity index (χ2v) is 5.30. The summed E-state index contributed by atoms with van der Waals surface area (Å²) in [5.41, 5.74) is 0. The third-order valence-electron chi connectivity index (χ3n) is 2.50. The first kappa shape index (κ1) is 16.8. The monoisotopic (exact) mass is 268 g/mol. The predicted molar refractivity (Wildman–Crippen MR) is 65.8 cm³/mol. The lowest BCUT2D eigenvalue weighted by atomic mass is 10.1. The van der Waals surface area contributed by atoms with Gasteiger partial charge in [-0.2, -0.15) is 8.42 Å². The number of hydrogen-bond donors (Lipinski definition) is 1. The zero-order chi connectivity index (χ0) is 13.1. The molecule has 0 aliphatic heterocycles. The Labute approximate surface area is 104 Å². The summed E-state index contributed by atoms with van der Waals surface area (Å²) >= 11 is 0. The van der Waals surface area contributed by atoms with Crippen LogP contribution in [0.3, 0.4) is 0 Å². The van der Waals surface area contributed by atoms with E-state index in [1.54, 1.807) is 6.92 Å². The maximum absolute atomic E-state index is 10.2. The molecule has 6 heteroatoms. The van der Waals surface area contributed by atoms with Crippen molar-refractivity contribution in [1.29, 1.82) is 0 Å². The van der Waals surface area contributed by atoms with E-state index in [2.05, 4.69) is 16.1 Å². The third-order valence-corrected chi connectivity index (χ3v) is 2.75. The van der Waals surface area contributed by atoms with E-state index in [0.717, 1.165) is 19.3 Å².